The average Bonchev–Trinajstić information content (AvgIpc) is 3.37. The van der Waals surface area contributed by atoms with E-state index in [1.165, 1.54) is 6.20 Å². The fourth-order valence-corrected chi connectivity index (χ4v) is 6.28. The Labute approximate surface area is 264 Å². The third-order valence-corrected chi connectivity index (χ3v) is 8.34. The van der Waals surface area contributed by atoms with Gasteiger partial charge in [-0.15, -0.1) is 0 Å². The number of amides is 2. The van der Waals surface area contributed by atoms with E-state index in [9.17, 15) is 22.8 Å². The lowest BCUT2D eigenvalue weighted by Gasteiger charge is -2.31. The second kappa shape index (κ2) is 13.2. The lowest BCUT2D eigenvalue weighted by Crippen LogP contribution is -2.47. The van der Waals surface area contributed by atoms with Crippen molar-refractivity contribution in [1.82, 2.24) is 10.3 Å². The van der Waals surface area contributed by atoms with Crippen LogP contribution >= 0.6 is 0 Å². The topological polar surface area (TPSA) is 92.8 Å². The first kappa shape index (κ1) is 31.1. The Kier molecular flexibility index (Phi) is 8.94. The van der Waals surface area contributed by atoms with E-state index in [0.29, 0.717) is 61.0 Å². The standard InChI is InChI=1S/C35H33F3N4O4/c36-35(37,38)23-40-33(44)34(28-11-4-1-8-25(28)26-9-2-5-12-29(26)34)16-7-19-46-31-15-14-24(22-39-31)41-32(43)27-10-3-6-13-30(27)42-17-20-45-21-18-42/h1-6,8-15,22H,7,16-21,23H2,(H,40,44)(H,41,43). The molecule has 1 fully saturated rings. The predicted molar refractivity (Wildman–Crippen MR) is 168 cm³/mol. The van der Waals surface area contributed by atoms with Crippen LogP contribution in [0.2, 0.25) is 0 Å². The zero-order valence-corrected chi connectivity index (χ0v) is 25.0. The predicted octanol–water partition coefficient (Wildman–Crippen LogP) is 5.97. The number of aromatic nitrogens is 1. The number of hydrogen-bond acceptors (Lipinski definition) is 6. The van der Waals surface area contributed by atoms with Crippen LogP contribution in [0, 0.1) is 0 Å². The van der Waals surface area contributed by atoms with E-state index in [1.54, 1.807) is 42.5 Å². The third kappa shape index (κ3) is 6.41. The van der Waals surface area contributed by atoms with Crippen LogP contribution < -0.4 is 20.3 Å². The molecule has 0 radical (unpaired) electrons. The van der Waals surface area contributed by atoms with E-state index in [0.717, 1.165) is 16.8 Å². The van der Waals surface area contributed by atoms with Crippen molar-refractivity contribution < 1.29 is 32.2 Å². The molecule has 8 nitrogen and oxygen atoms in total. The maximum absolute atomic E-state index is 13.6. The number of carbonyl (C=O) groups excluding carboxylic acids is 2. The van der Waals surface area contributed by atoms with Gasteiger partial charge in [0, 0.05) is 24.8 Å². The van der Waals surface area contributed by atoms with Crippen LogP contribution in [-0.4, -0.2) is 62.4 Å². The minimum absolute atomic E-state index is 0.171. The number of pyridine rings is 1. The highest BCUT2D eigenvalue weighted by atomic mass is 19.4. The van der Waals surface area contributed by atoms with E-state index in [-0.39, 0.29) is 18.9 Å². The molecule has 0 saturated carbocycles. The van der Waals surface area contributed by atoms with Crippen molar-refractivity contribution in [3.05, 3.63) is 108 Å². The van der Waals surface area contributed by atoms with Crippen molar-refractivity contribution in [1.29, 1.82) is 0 Å². The molecule has 1 aliphatic heterocycles. The van der Waals surface area contributed by atoms with Gasteiger partial charge >= 0.3 is 6.18 Å². The minimum Gasteiger partial charge on any atom is -0.478 e. The van der Waals surface area contributed by atoms with Crippen molar-refractivity contribution in [2.45, 2.75) is 24.4 Å². The van der Waals surface area contributed by atoms with Crippen molar-refractivity contribution >= 4 is 23.2 Å². The van der Waals surface area contributed by atoms with E-state index in [2.05, 4.69) is 20.5 Å². The number of hydrogen-bond donors (Lipinski definition) is 2. The fraction of sp³-hybridized carbons (Fsp3) is 0.286. The molecule has 46 heavy (non-hydrogen) atoms. The SMILES string of the molecule is O=C(Nc1ccc(OCCCC2(C(=O)NCC(F)(F)F)c3ccccc3-c3ccccc32)nc1)c1ccccc1N1CCOCC1. The highest BCUT2D eigenvalue weighted by molar-refractivity contribution is 6.08. The number of morpholine rings is 1. The van der Waals surface area contributed by atoms with Crippen molar-refractivity contribution in [2.75, 3.05) is 49.7 Å². The smallest absolute Gasteiger partial charge is 0.405 e. The van der Waals surface area contributed by atoms with E-state index in [1.807, 2.05) is 42.5 Å². The molecule has 3 aromatic carbocycles. The van der Waals surface area contributed by atoms with Gasteiger partial charge < -0.3 is 25.0 Å². The molecule has 2 N–H and O–H groups in total. The molecule has 1 saturated heterocycles. The first-order valence-corrected chi connectivity index (χ1v) is 15.1. The summed E-state index contributed by atoms with van der Waals surface area (Å²) in [7, 11) is 0. The fourth-order valence-electron chi connectivity index (χ4n) is 6.28. The van der Waals surface area contributed by atoms with Gasteiger partial charge in [0.1, 0.15) is 12.0 Å². The van der Waals surface area contributed by atoms with Crippen LogP contribution in [0.15, 0.2) is 91.1 Å². The summed E-state index contributed by atoms with van der Waals surface area (Å²) in [6.45, 7) is 1.37. The maximum atomic E-state index is 13.6. The Morgan fingerprint density at radius 1 is 0.891 bits per heavy atom. The molecule has 6 rings (SSSR count). The third-order valence-electron chi connectivity index (χ3n) is 8.34. The van der Waals surface area contributed by atoms with Gasteiger partial charge in [0.05, 0.1) is 37.3 Å². The van der Waals surface area contributed by atoms with Crippen LogP contribution in [0.1, 0.15) is 34.3 Å². The number of halogens is 3. The van der Waals surface area contributed by atoms with Gasteiger partial charge in [0.15, 0.2) is 0 Å². The zero-order chi connectivity index (χ0) is 32.1. The molecule has 4 aromatic rings. The number of anilines is 2. The number of ether oxygens (including phenoxy) is 2. The van der Waals surface area contributed by atoms with Gasteiger partial charge in [0.25, 0.3) is 5.91 Å². The Morgan fingerprint density at radius 2 is 1.54 bits per heavy atom. The molecule has 0 bridgehead atoms. The van der Waals surface area contributed by atoms with Gasteiger partial charge in [-0.3, -0.25) is 9.59 Å². The Balaban J connectivity index is 1.12. The van der Waals surface area contributed by atoms with Crippen molar-refractivity contribution in [2.24, 2.45) is 0 Å². The van der Waals surface area contributed by atoms with Crippen LogP contribution in [0.5, 0.6) is 5.88 Å². The Bertz CT molecular complexity index is 1660. The molecule has 238 valence electrons. The number of carbonyl (C=O) groups is 2. The second-order valence-corrected chi connectivity index (χ2v) is 11.2. The highest BCUT2D eigenvalue weighted by Gasteiger charge is 2.49. The number of para-hydroxylation sites is 1. The maximum Gasteiger partial charge on any atom is 0.405 e. The number of benzene rings is 3. The summed E-state index contributed by atoms with van der Waals surface area (Å²) in [5.74, 6) is -0.645. The largest absolute Gasteiger partial charge is 0.478 e. The molecular weight excluding hydrogens is 597 g/mol. The van der Waals surface area contributed by atoms with Gasteiger partial charge in [-0.05, 0) is 53.3 Å². The quantitative estimate of drug-likeness (QED) is 0.210. The first-order chi connectivity index (χ1) is 22.3. The summed E-state index contributed by atoms with van der Waals surface area (Å²) in [4.78, 5) is 33.2. The number of rotatable bonds is 10. The monoisotopic (exact) mass is 630 g/mol. The number of nitrogens with one attached hydrogen (secondary N) is 2. The molecule has 11 heteroatoms. The first-order valence-electron chi connectivity index (χ1n) is 15.1. The number of alkyl halides is 3. The molecule has 0 atom stereocenters. The van der Waals surface area contributed by atoms with Gasteiger partial charge in [-0.25, -0.2) is 4.98 Å². The van der Waals surface area contributed by atoms with Crippen molar-refractivity contribution in [3.8, 4) is 17.0 Å². The lowest BCUT2D eigenvalue weighted by atomic mass is 9.73. The van der Waals surface area contributed by atoms with Crippen molar-refractivity contribution in [3.63, 3.8) is 0 Å². The van der Waals surface area contributed by atoms with Crippen LogP contribution in [0.25, 0.3) is 11.1 Å². The van der Waals surface area contributed by atoms with Crippen LogP contribution in [0.3, 0.4) is 0 Å². The van der Waals surface area contributed by atoms with Gasteiger partial charge in [-0.1, -0.05) is 60.7 Å². The van der Waals surface area contributed by atoms with E-state index in [4.69, 9.17) is 9.47 Å². The van der Waals surface area contributed by atoms with Gasteiger partial charge in [-0.2, -0.15) is 13.2 Å². The van der Waals surface area contributed by atoms with E-state index < -0.39 is 24.0 Å². The van der Waals surface area contributed by atoms with E-state index >= 15 is 0 Å². The molecule has 2 aliphatic rings. The molecule has 0 spiro atoms. The number of nitrogens with zero attached hydrogens (tertiary/aromatic N) is 2. The summed E-state index contributed by atoms with van der Waals surface area (Å²) in [6.07, 6.45) is -2.46. The Hall–Kier alpha value is -4.90. The normalized spacial score (nSPS) is 15.1. The van der Waals surface area contributed by atoms with Crippen LogP contribution in [-0.2, 0) is 14.9 Å². The summed E-state index contributed by atoms with van der Waals surface area (Å²) in [5, 5.41) is 5.03. The van der Waals surface area contributed by atoms with Gasteiger partial charge in [0.2, 0.25) is 11.8 Å². The highest BCUT2D eigenvalue weighted by Crippen LogP contribution is 2.51. The second-order valence-electron chi connectivity index (χ2n) is 11.2. The molecule has 2 amide bonds. The summed E-state index contributed by atoms with van der Waals surface area (Å²) in [5.41, 5.74) is 3.57. The summed E-state index contributed by atoms with van der Waals surface area (Å²) in [6, 6.07) is 25.4. The molecule has 0 unspecified atom stereocenters. The van der Waals surface area contributed by atoms with Crippen LogP contribution in [0.4, 0.5) is 24.5 Å². The minimum atomic E-state index is -4.54. The average molecular weight is 631 g/mol. The number of fused-ring (bicyclic) bond motifs is 3. The Morgan fingerprint density at radius 3 is 2.20 bits per heavy atom. The summed E-state index contributed by atoms with van der Waals surface area (Å²) >= 11 is 0. The lowest BCUT2D eigenvalue weighted by molar-refractivity contribution is -0.141. The molecule has 1 aliphatic carbocycles. The zero-order valence-electron chi connectivity index (χ0n) is 25.0. The molecule has 1 aromatic heterocycles. The molecular formula is C35H33F3N4O4. The molecule has 2 heterocycles. The summed E-state index contributed by atoms with van der Waals surface area (Å²) < 4.78 is 50.7.